The van der Waals surface area contributed by atoms with Gasteiger partial charge in [0.15, 0.2) is 0 Å². The third kappa shape index (κ3) is 2.71. The van der Waals surface area contributed by atoms with E-state index in [9.17, 15) is 9.18 Å². The molecule has 4 nitrogen and oxygen atoms in total. The molecule has 1 aromatic carbocycles. The highest BCUT2D eigenvalue weighted by Crippen LogP contribution is 2.39. The third-order valence-corrected chi connectivity index (χ3v) is 3.77. The Bertz CT molecular complexity index is 488. The van der Waals surface area contributed by atoms with Crippen molar-refractivity contribution in [3.8, 4) is 5.75 Å². The summed E-state index contributed by atoms with van der Waals surface area (Å²) in [5.41, 5.74) is 5.19. The van der Waals surface area contributed by atoms with Crippen LogP contribution in [0.1, 0.15) is 18.4 Å². The van der Waals surface area contributed by atoms with Gasteiger partial charge in [-0.25, -0.2) is 4.39 Å². The molecule has 19 heavy (non-hydrogen) atoms. The average Bonchev–Trinajstić information content (AvgIpc) is 3.19. The number of likely N-dealkylation sites (N-methyl/N-ethyl adjacent to an activating group) is 1. The molecule has 0 radical (unpaired) electrons. The van der Waals surface area contributed by atoms with Crippen LogP contribution in [0.2, 0.25) is 0 Å². The summed E-state index contributed by atoms with van der Waals surface area (Å²) in [4.78, 5) is 11.7. The molecule has 104 valence electrons. The van der Waals surface area contributed by atoms with E-state index in [1.165, 1.54) is 6.07 Å². The molecular formula is C14H19FN2O2. The van der Waals surface area contributed by atoms with Crippen LogP contribution in [-0.2, 0) is 4.79 Å². The summed E-state index contributed by atoms with van der Waals surface area (Å²) >= 11 is 0. The molecule has 1 aromatic rings. The Morgan fingerprint density at radius 1 is 1.58 bits per heavy atom. The molecule has 1 aliphatic carbocycles. The zero-order valence-corrected chi connectivity index (χ0v) is 11.2. The predicted molar refractivity (Wildman–Crippen MR) is 70.3 cm³/mol. The van der Waals surface area contributed by atoms with E-state index in [-0.39, 0.29) is 18.3 Å². The molecule has 1 aliphatic rings. The molecule has 1 saturated carbocycles. The van der Waals surface area contributed by atoms with E-state index >= 15 is 0 Å². The van der Waals surface area contributed by atoms with Crippen molar-refractivity contribution in [1.82, 2.24) is 5.32 Å². The summed E-state index contributed by atoms with van der Waals surface area (Å²) in [6.45, 7) is 1.80. The smallest absolute Gasteiger partial charge is 0.241 e. The lowest BCUT2D eigenvalue weighted by molar-refractivity contribution is -0.126. The zero-order valence-electron chi connectivity index (χ0n) is 11.2. The maximum Gasteiger partial charge on any atom is 0.241 e. The minimum Gasteiger partial charge on any atom is -0.491 e. The van der Waals surface area contributed by atoms with Crippen LogP contribution >= 0.6 is 0 Å². The van der Waals surface area contributed by atoms with Crippen molar-refractivity contribution in [2.24, 2.45) is 11.7 Å². The highest BCUT2D eigenvalue weighted by molar-refractivity contribution is 5.85. The molecule has 1 unspecified atom stereocenters. The van der Waals surface area contributed by atoms with Crippen molar-refractivity contribution in [3.05, 3.63) is 29.6 Å². The van der Waals surface area contributed by atoms with Gasteiger partial charge in [-0.3, -0.25) is 4.79 Å². The van der Waals surface area contributed by atoms with Crippen molar-refractivity contribution in [1.29, 1.82) is 0 Å². The lowest BCUT2D eigenvalue weighted by atomic mass is 9.93. The maximum atomic E-state index is 13.4. The predicted octanol–water partition coefficient (Wildman–Crippen LogP) is 1.37. The molecule has 2 rings (SSSR count). The van der Waals surface area contributed by atoms with Gasteiger partial charge in [0.05, 0.1) is 0 Å². The number of amides is 1. The molecule has 0 aliphatic heterocycles. The standard InChI is InChI=1S/C14H19FN2O2/c1-9-3-6-11(7-12(9)15)19-8-14(17-2,13(16)18)10-4-5-10/h3,6-7,10,17H,4-5,8H2,1-2H3,(H2,16,18). The molecule has 0 aromatic heterocycles. The van der Waals surface area contributed by atoms with Gasteiger partial charge in [-0.05, 0) is 44.4 Å². The first-order valence-corrected chi connectivity index (χ1v) is 6.37. The molecule has 0 heterocycles. The van der Waals surface area contributed by atoms with E-state index < -0.39 is 11.4 Å². The molecule has 0 bridgehead atoms. The molecular weight excluding hydrogens is 247 g/mol. The van der Waals surface area contributed by atoms with Gasteiger partial charge in [0.1, 0.15) is 23.7 Å². The van der Waals surface area contributed by atoms with Crippen molar-refractivity contribution in [2.75, 3.05) is 13.7 Å². The van der Waals surface area contributed by atoms with Crippen LogP contribution in [0.5, 0.6) is 5.75 Å². The van der Waals surface area contributed by atoms with Gasteiger partial charge >= 0.3 is 0 Å². The number of hydrogen-bond acceptors (Lipinski definition) is 3. The van der Waals surface area contributed by atoms with E-state index in [0.29, 0.717) is 11.3 Å². The van der Waals surface area contributed by atoms with Gasteiger partial charge in [-0.1, -0.05) is 6.07 Å². The number of primary amides is 1. The fourth-order valence-corrected chi connectivity index (χ4v) is 2.23. The Balaban J connectivity index is 2.10. The van der Waals surface area contributed by atoms with Crippen LogP contribution < -0.4 is 15.8 Å². The summed E-state index contributed by atoms with van der Waals surface area (Å²) in [5.74, 6) is -0.141. The summed E-state index contributed by atoms with van der Waals surface area (Å²) < 4.78 is 19.0. The number of hydrogen-bond donors (Lipinski definition) is 2. The topological polar surface area (TPSA) is 64.3 Å². The highest BCUT2D eigenvalue weighted by Gasteiger charge is 2.49. The van der Waals surface area contributed by atoms with Gasteiger partial charge in [-0.2, -0.15) is 0 Å². The summed E-state index contributed by atoms with van der Waals surface area (Å²) in [6.07, 6.45) is 1.91. The number of halogens is 1. The number of nitrogens with two attached hydrogens (primary N) is 1. The number of carbonyl (C=O) groups excluding carboxylic acids is 1. The summed E-state index contributed by atoms with van der Waals surface area (Å²) in [6, 6.07) is 4.66. The molecule has 3 N–H and O–H groups in total. The molecule has 1 amide bonds. The monoisotopic (exact) mass is 266 g/mol. The van der Waals surface area contributed by atoms with Gasteiger partial charge in [0, 0.05) is 6.07 Å². The second-order valence-electron chi connectivity index (χ2n) is 5.06. The zero-order chi connectivity index (χ0) is 14.0. The minimum absolute atomic E-state index is 0.117. The lowest BCUT2D eigenvalue weighted by Crippen LogP contribution is -2.59. The Kier molecular flexibility index (Phi) is 3.75. The van der Waals surface area contributed by atoms with Crippen molar-refractivity contribution in [3.63, 3.8) is 0 Å². The Morgan fingerprint density at radius 3 is 2.74 bits per heavy atom. The van der Waals surface area contributed by atoms with E-state index in [1.807, 2.05) is 0 Å². The average molecular weight is 266 g/mol. The summed E-state index contributed by atoms with van der Waals surface area (Å²) in [7, 11) is 1.70. The fourth-order valence-electron chi connectivity index (χ4n) is 2.23. The highest BCUT2D eigenvalue weighted by atomic mass is 19.1. The second kappa shape index (κ2) is 5.17. The van der Waals surface area contributed by atoms with Crippen LogP contribution in [0.25, 0.3) is 0 Å². The molecule has 0 saturated heterocycles. The maximum absolute atomic E-state index is 13.4. The van der Waals surface area contributed by atoms with Gasteiger partial charge < -0.3 is 15.8 Å². The first-order chi connectivity index (χ1) is 8.99. The number of carbonyl (C=O) groups is 1. The number of rotatable bonds is 6. The van der Waals surface area contributed by atoms with Crippen molar-refractivity contribution < 1.29 is 13.9 Å². The Hall–Kier alpha value is -1.62. The third-order valence-electron chi connectivity index (χ3n) is 3.77. The van der Waals surface area contributed by atoms with Crippen LogP contribution in [0.3, 0.4) is 0 Å². The van der Waals surface area contributed by atoms with E-state index in [1.54, 1.807) is 26.1 Å². The van der Waals surface area contributed by atoms with Crippen molar-refractivity contribution in [2.45, 2.75) is 25.3 Å². The molecule has 1 fully saturated rings. The second-order valence-corrected chi connectivity index (χ2v) is 5.06. The number of aryl methyl sites for hydroxylation is 1. The van der Waals surface area contributed by atoms with E-state index in [2.05, 4.69) is 5.32 Å². The first-order valence-electron chi connectivity index (χ1n) is 6.37. The van der Waals surface area contributed by atoms with Gasteiger partial charge in [-0.15, -0.1) is 0 Å². The molecule has 1 atom stereocenters. The molecule has 5 heteroatoms. The quantitative estimate of drug-likeness (QED) is 0.817. The first kappa shape index (κ1) is 13.8. The van der Waals surface area contributed by atoms with Gasteiger partial charge in [0.25, 0.3) is 0 Å². The number of ether oxygens (including phenoxy) is 1. The van der Waals surface area contributed by atoms with Crippen LogP contribution in [0.4, 0.5) is 4.39 Å². The van der Waals surface area contributed by atoms with E-state index in [4.69, 9.17) is 10.5 Å². The fraction of sp³-hybridized carbons (Fsp3) is 0.500. The Morgan fingerprint density at radius 2 is 2.26 bits per heavy atom. The molecule has 0 spiro atoms. The number of nitrogens with one attached hydrogen (secondary N) is 1. The lowest BCUT2D eigenvalue weighted by Gasteiger charge is -2.30. The van der Waals surface area contributed by atoms with Crippen LogP contribution in [-0.4, -0.2) is 25.1 Å². The van der Waals surface area contributed by atoms with Gasteiger partial charge in [0.2, 0.25) is 5.91 Å². The summed E-state index contributed by atoms with van der Waals surface area (Å²) in [5, 5.41) is 2.98. The largest absolute Gasteiger partial charge is 0.491 e. The van der Waals surface area contributed by atoms with Crippen LogP contribution in [0.15, 0.2) is 18.2 Å². The van der Waals surface area contributed by atoms with Crippen LogP contribution in [0, 0.1) is 18.7 Å². The van der Waals surface area contributed by atoms with E-state index in [0.717, 1.165) is 12.8 Å². The number of benzene rings is 1. The Labute approximate surface area is 112 Å². The minimum atomic E-state index is -0.860. The SMILES string of the molecule is CNC(COc1ccc(C)c(F)c1)(C(N)=O)C1CC1. The normalized spacial score (nSPS) is 17.8. The van der Waals surface area contributed by atoms with Crippen molar-refractivity contribution >= 4 is 5.91 Å².